The highest BCUT2D eigenvalue weighted by Gasteiger charge is 2.12. The molecule has 1 aromatic rings. The lowest BCUT2D eigenvalue weighted by molar-refractivity contribution is 0.266. The standard InChI is InChI=1S/C12H20N4/c1-15-5-2-6-16(8-7-15)10-12-4-3-11(13)9-14-12/h3-4,9H,2,5-8,10,13H2,1H3. The first-order valence-electron chi connectivity index (χ1n) is 5.85. The molecule has 0 saturated carbocycles. The van der Waals surface area contributed by atoms with Gasteiger partial charge in [0.15, 0.2) is 0 Å². The Bertz CT molecular complexity index is 322. The number of nitrogens with zero attached hydrogens (tertiary/aromatic N) is 3. The third-order valence-electron chi connectivity index (χ3n) is 3.05. The predicted molar refractivity (Wildman–Crippen MR) is 66.0 cm³/mol. The van der Waals surface area contributed by atoms with E-state index in [-0.39, 0.29) is 0 Å². The maximum atomic E-state index is 5.62. The van der Waals surface area contributed by atoms with E-state index in [9.17, 15) is 0 Å². The Morgan fingerprint density at radius 3 is 2.88 bits per heavy atom. The topological polar surface area (TPSA) is 45.4 Å². The summed E-state index contributed by atoms with van der Waals surface area (Å²) < 4.78 is 0. The Morgan fingerprint density at radius 2 is 2.12 bits per heavy atom. The van der Waals surface area contributed by atoms with Gasteiger partial charge in [0.25, 0.3) is 0 Å². The van der Waals surface area contributed by atoms with Gasteiger partial charge >= 0.3 is 0 Å². The molecule has 1 fully saturated rings. The van der Waals surface area contributed by atoms with Crippen molar-refractivity contribution in [1.82, 2.24) is 14.8 Å². The van der Waals surface area contributed by atoms with Crippen LogP contribution in [0.4, 0.5) is 5.69 Å². The lowest BCUT2D eigenvalue weighted by atomic mass is 10.3. The van der Waals surface area contributed by atoms with Gasteiger partial charge in [0.1, 0.15) is 0 Å². The Hall–Kier alpha value is -1.13. The van der Waals surface area contributed by atoms with Crippen molar-refractivity contribution in [2.24, 2.45) is 0 Å². The molecular weight excluding hydrogens is 200 g/mol. The van der Waals surface area contributed by atoms with Crippen LogP contribution in [0, 0.1) is 0 Å². The monoisotopic (exact) mass is 220 g/mol. The van der Waals surface area contributed by atoms with E-state index in [2.05, 4.69) is 21.8 Å². The zero-order valence-electron chi connectivity index (χ0n) is 9.89. The molecule has 0 atom stereocenters. The predicted octanol–water partition coefficient (Wildman–Crippen LogP) is 0.801. The van der Waals surface area contributed by atoms with E-state index in [1.54, 1.807) is 6.20 Å². The Kier molecular flexibility index (Phi) is 3.74. The van der Waals surface area contributed by atoms with E-state index in [1.165, 1.54) is 13.0 Å². The van der Waals surface area contributed by atoms with E-state index in [0.717, 1.165) is 37.6 Å². The maximum Gasteiger partial charge on any atom is 0.0545 e. The van der Waals surface area contributed by atoms with E-state index in [1.807, 2.05) is 12.1 Å². The van der Waals surface area contributed by atoms with Crippen molar-refractivity contribution in [2.45, 2.75) is 13.0 Å². The van der Waals surface area contributed by atoms with Crippen LogP contribution in [0.2, 0.25) is 0 Å². The van der Waals surface area contributed by atoms with Crippen LogP contribution in [0.15, 0.2) is 18.3 Å². The van der Waals surface area contributed by atoms with Gasteiger partial charge in [0.05, 0.1) is 17.6 Å². The van der Waals surface area contributed by atoms with Gasteiger partial charge < -0.3 is 10.6 Å². The highest BCUT2D eigenvalue weighted by molar-refractivity contribution is 5.34. The highest BCUT2D eigenvalue weighted by Crippen LogP contribution is 2.07. The summed E-state index contributed by atoms with van der Waals surface area (Å²) in [5, 5.41) is 0. The molecule has 0 unspecified atom stereocenters. The Labute approximate surface area is 97.1 Å². The van der Waals surface area contributed by atoms with Crippen molar-refractivity contribution in [3.63, 3.8) is 0 Å². The number of aromatic nitrogens is 1. The van der Waals surface area contributed by atoms with Crippen LogP contribution in [-0.2, 0) is 6.54 Å². The van der Waals surface area contributed by atoms with Gasteiger partial charge in [-0.25, -0.2) is 0 Å². The van der Waals surface area contributed by atoms with Crippen LogP contribution < -0.4 is 5.73 Å². The van der Waals surface area contributed by atoms with Gasteiger partial charge in [0.2, 0.25) is 0 Å². The second-order valence-electron chi connectivity index (χ2n) is 4.52. The molecule has 2 heterocycles. The molecule has 1 saturated heterocycles. The minimum atomic E-state index is 0.736. The van der Waals surface area contributed by atoms with Crippen LogP contribution >= 0.6 is 0 Å². The first kappa shape index (κ1) is 11.4. The molecule has 88 valence electrons. The van der Waals surface area contributed by atoms with Crippen LogP contribution in [0.1, 0.15) is 12.1 Å². The Balaban J connectivity index is 1.91. The lowest BCUT2D eigenvalue weighted by Gasteiger charge is -2.19. The summed E-state index contributed by atoms with van der Waals surface area (Å²) in [6.45, 7) is 5.58. The zero-order valence-corrected chi connectivity index (χ0v) is 9.89. The van der Waals surface area contributed by atoms with E-state index in [4.69, 9.17) is 5.73 Å². The van der Waals surface area contributed by atoms with Crippen LogP contribution in [-0.4, -0.2) is 48.0 Å². The van der Waals surface area contributed by atoms with Gasteiger partial charge in [-0.1, -0.05) is 0 Å². The fraction of sp³-hybridized carbons (Fsp3) is 0.583. The second kappa shape index (κ2) is 5.27. The van der Waals surface area contributed by atoms with Gasteiger partial charge in [-0.05, 0) is 38.7 Å². The molecule has 2 N–H and O–H groups in total. The number of nitrogens with two attached hydrogens (primary N) is 1. The molecule has 1 aliphatic heterocycles. The average molecular weight is 220 g/mol. The van der Waals surface area contributed by atoms with Crippen LogP contribution in [0.25, 0.3) is 0 Å². The first-order valence-corrected chi connectivity index (χ1v) is 5.85. The number of hydrogen-bond acceptors (Lipinski definition) is 4. The van der Waals surface area contributed by atoms with Crippen molar-refractivity contribution in [2.75, 3.05) is 39.0 Å². The number of hydrogen-bond donors (Lipinski definition) is 1. The van der Waals surface area contributed by atoms with Crippen molar-refractivity contribution in [3.05, 3.63) is 24.0 Å². The van der Waals surface area contributed by atoms with Crippen molar-refractivity contribution < 1.29 is 0 Å². The summed E-state index contributed by atoms with van der Waals surface area (Å²) in [6, 6.07) is 3.94. The number of nitrogen functional groups attached to an aromatic ring is 1. The molecule has 1 aliphatic rings. The summed E-state index contributed by atoms with van der Waals surface area (Å²) in [7, 11) is 2.19. The fourth-order valence-corrected chi connectivity index (χ4v) is 2.02. The van der Waals surface area contributed by atoms with Gasteiger partial charge in [-0.15, -0.1) is 0 Å². The largest absolute Gasteiger partial charge is 0.397 e. The summed E-state index contributed by atoms with van der Waals surface area (Å²) in [5.74, 6) is 0. The van der Waals surface area contributed by atoms with Crippen LogP contribution in [0.3, 0.4) is 0 Å². The molecule has 1 aromatic heterocycles. The smallest absolute Gasteiger partial charge is 0.0545 e. The minimum absolute atomic E-state index is 0.736. The SMILES string of the molecule is CN1CCCN(Cc2ccc(N)cn2)CC1. The lowest BCUT2D eigenvalue weighted by Crippen LogP contribution is -2.28. The van der Waals surface area contributed by atoms with Crippen molar-refractivity contribution in [3.8, 4) is 0 Å². The average Bonchev–Trinajstić information content (AvgIpc) is 2.47. The third-order valence-corrected chi connectivity index (χ3v) is 3.05. The van der Waals surface area contributed by atoms with Gasteiger partial charge in [0, 0.05) is 19.6 Å². The zero-order chi connectivity index (χ0) is 11.4. The van der Waals surface area contributed by atoms with Crippen molar-refractivity contribution in [1.29, 1.82) is 0 Å². The number of anilines is 1. The highest BCUT2D eigenvalue weighted by atomic mass is 15.2. The normalized spacial score (nSPS) is 19.6. The summed E-state index contributed by atoms with van der Waals surface area (Å²) in [5.41, 5.74) is 7.47. The van der Waals surface area contributed by atoms with Gasteiger partial charge in [-0.3, -0.25) is 9.88 Å². The number of rotatable bonds is 2. The molecule has 0 aromatic carbocycles. The molecule has 2 rings (SSSR count). The third kappa shape index (κ3) is 3.18. The molecule has 0 aliphatic carbocycles. The van der Waals surface area contributed by atoms with Gasteiger partial charge in [-0.2, -0.15) is 0 Å². The van der Waals surface area contributed by atoms with E-state index in [0.29, 0.717) is 0 Å². The molecular formula is C12H20N4. The molecule has 0 amide bonds. The fourth-order valence-electron chi connectivity index (χ4n) is 2.02. The maximum absolute atomic E-state index is 5.62. The van der Waals surface area contributed by atoms with E-state index >= 15 is 0 Å². The van der Waals surface area contributed by atoms with E-state index < -0.39 is 0 Å². The van der Waals surface area contributed by atoms with Crippen LogP contribution in [0.5, 0.6) is 0 Å². The number of likely N-dealkylation sites (N-methyl/N-ethyl adjacent to an activating group) is 1. The minimum Gasteiger partial charge on any atom is -0.397 e. The molecule has 0 spiro atoms. The molecule has 0 bridgehead atoms. The molecule has 0 radical (unpaired) electrons. The summed E-state index contributed by atoms with van der Waals surface area (Å²) in [4.78, 5) is 9.19. The second-order valence-corrected chi connectivity index (χ2v) is 4.52. The molecule has 4 nitrogen and oxygen atoms in total. The quantitative estimate of drug-likeness (QED) is 0.801. The first-order chi connectivity index (χ1) is 7.74. The summed E-state index contributed by atoms with van der Waals surface area (Å²) in [6.07, 6.45) is 2.98. The summed E-state index contributed by atoms with van der Waals surface area (Å²) >= 11 is 0. The molecule has 4 heteroatoms. The molecule has 16 heavy (non-hydrogen) atoms. The van der Waals surface area contributed by atoms with Crippen molar-refractivity contribution >= 4 is 5.69 Å². The number of pyridine rings is 1. The Morgan fingerprint density at radius 1 is 1.25 bits per heavy atom.